The number of hydrogen-bond acceptors (Lipinski definition) is 3. The second-order valence-corrected chi connectivity index (χ2v) is 3.16. The number of hydrogen-bond donors (Lipinski definition) is 2. The van der Waals surface area contributed by atoms with E-state index in [1.54, 1.807) is 24.3 Å². The molecule has 3 nitrogen and oxygen atoms in total. The highest BCUT2D eigenvalue weighted by Crippen LogP contribution is 2.04. The van der Waals surface area contributed by atoms with Gasteiger partial charge in [-0.25, -0.2) is 8.42 Å². The zero-order chi connectivity index (χ0) is 8.27. The lowest BCUT2D eigenvalue weighted by Crippen LogP contribution is -1.96. The molecule has 0 spiro atoms. The van der Waals surface area contributed by atoms with Crippen LogP contribution in [0.1, 0.15) is 5.56 Å². The minimum absolute atomic E-state index is 0.322. The van der Waals surface area contributed by atoms with E-state index in [-0.39, 0.29) is 0 Å². The monoisotopic (exact) mass is 171 g/mol. The molecule has 4 heteroatoms. The van der Waals surface area contributed by atoms with E-state index in [4.69, 9.17) is 5.73 Å². The van der Waals surface area contributed by atoms with Crippen molar-refractivity contribution in [2.45, 2.75) is 11.4 Å². The van der Waals surface area contributed by atoms with Crippen molar-refractivity contribution in [2.75, 3.05) is 0 Å². The predicted molar refractivity (Wildman–Crippen MR) is 42.9 cm³/mol. The molecular formula is C7H9NO2S. The van der Waals surface area contributed by atoms with Crippen molar-refractivity contribution in [3.63, 3.8) is 0 Å². The van der Waals surface area contributed by atoms with Crippen LogP contribution in [0, 0.1) is 0 Å². The summed E-state index contributed by atoms with van der Waals surface area (Å²) in [5.41, 5.74) is 6.16. The summed E-state index contributed by atoms with van der Waals surface area (Å²) in [6.07, 6.45) is 0. The lowest BCUT2D eigenvalue weighted by molar-refractivity contribution is 0.614. The van der Waals surface area contributed by atoms with Gasteiger partial charge in [0, 0.05) is 6.54 Å². The lowest BCUT2D eigenvalue weighted by Gasteiger charge is -1.95. The summed E-state index contributed by atoms with van der Waals surface area (Å²) in [5.74, 6) is 0. The van der Waals surface area contributed by atoms with Gasteiger partial charge in [0.1, 0.15) is 0 Å². The molecule has 0 fully saturated rings. The number of thiol groups is 1. The molecular weight excluding hydrogens is 162 g/mol. The fourth-order valence-corrected chi connectivity index (χ4v) is 1.28. The van der Waals surface area contributed by atoms with Crippen LogP contribution < -0.4 is 5.73 Å². The van der Waals surface area contributed by atoms with Crippen LogP contribution in [0.25, 0.3) is 0 Å². The summed E-state index contributed by atoms with van der Waals surface area (Å²) in [7, 11) is -2.47. The van der Waals surface area contributed by atoms with E-state index in [1.165, 1.54) is 0 Å². The van der Waals surface area contributed by atoms with Gasteiger partial charge in [-0.1, -0.05) is 12.1 Å². The molecule has 0 amide bonds. The number of benzene rings is 1. The average molecular weight is 171 g/mol. The van der Waals surface area contributed by atoms with Gasteiger partial charge in [-0.2, -0.15) is 0 Å². The maximum absolute atomic E-state index is 10.5. The van der Waals surface area contributed by atoms with Crippen molar-refractivity contribution in [1.29, 1.82) is 0 Å². The van der Waals surface area contributed by atoms with Crippen LogP contribution in [0.4, 0.5) is 0 Å². The summed E-state index contributed by atoms with van der Waals surface area (Å²) >= 11 is 0. The van der Waals surface area contributed by atoms with Gasteiger partial charge in [0.15, 0.2) is 10.7 Å². The van der Waals surface area contributed by atoms with Gasteiger partial charge in [0.2, 0.25) is 0 Å². The van der Waals surface area contributed by atoms with Crippen LogP contribution in [0.2, 0.25) is 0 Å². The first kappa shape index (κ1) is 8.23. The summed E-state index contributed by atoms with van der Waals surface area (Å²) < 4.78 is 20.9. The first-order valence-corrected chi connectivity index (χ1v) is 4.35. The second-order valence-electron chi connectivity index (χ2n) is 2.13. The van der Waals surface area contributed by atoms with E-state index >= 15 is 0 Å². The molecule has 1 aromatic carbocycles. The molecule has 11 heavy (non-hydrogen) atoms. The van der Waals surface area contributed by atoms with E-state index < -0.39 is 10.7 Å². The van der Waals surface area contributed by atoms with Crippen LogP contribution in [0.3, 0.4) is 0 Å². The average Bonchev–Trinajstić information content (AvgIpc) is 2.05. The third-order valence-electron chi connectivity index (χ3n) is 1.36. The Hall–Kier alpha value is -0.870. The number of rotatable bonds is 2. The van der Waals surface area contributed by atoms with Crippen LogP contribution in [-0.2, 0) is 17.2 Å². The SMILES string of the molecule is NCc1cccc([SH](=O)=O)c1. The Kier molecular flexibility index (Phi) is 2.62. The quantitative estimate of drug-likeness (QED) is 0.621. The first-order valence-electron chi connectivity index (χ1n) is 3.17. The van der Waals surface area contributed by atoms with Crippen molar-refractivity contribution >= 4 is 10.7 Å². The van der Waals surface area contributed by atoms with Gasteiger partial charge in [-0.3, -0.25) is 0 Å². The molecule has 0 aliphatic heterocycles. The first-order chi connectivity index (χ1) is 5.24. The van der Waals surface area contributed by atoms with Gasteiger partial charge < -0.3 is 5.73 Å². The molecule has 0 aromatic heterocycles. The van der Waals surface area contributed by atoms with E-state index in [0.717, 1.165) is 5.56 Å². The molecule has 0 aliphatic carbocycles. The van der Waals surface area contributed by atoms with Crippen LogP contribution in [0.5, 0.6) is 0 Å². The summed E-state index contributed by atoms with van der Waals surface area (Å²) in [6.45, 7) is 0.372. The Morgan fingerprint density at radius 2 is 2.09 bits per heavy atom. The molecule has 1 aromatic rings. The van der Waals surface area contributed by atoms with Crippen molar-refractivity contribution < 1.29 is 8.42 Å². The van der Waals surface area contributed by atoms with E-state index in [2.05, 4.69) is 0 Å². The fraction of sp³-hybridized carbons (Fsp3) is 0.143. The zero-order valence-electron chi connectivity index (χ0n) is 5.86. The molecule has 0 unspecified atom stereocenters. The Labute approximate surface area is 66.8 Å². The minimum atomic E-state index is -2.47. The van der Waals surface area contributed by atoms with Gasteiger partial charge in [0.05, 0.1) is 4.90 Å². The molecule has 0 atom stereocenters. The maximum atomic E-state index is 10.5. The normalized spacial score (nSPS) is 10.4. The Morgan fingerprint density at radius 1 is 1.36 bits per heavy atom. The fourth-order valence-electron chi connectivity index (χ4n) is 0.797. The summed E-state index contributed by atoms with van der Waals surface area (Å²) in [5, 5.41) is 0. The molecule has 0 heterocycles. The molecule has 0 saturated heterocycles. The Balaban J connectivity index is 3.10. The van der Waals surface area contributed by atoms with Crippen LogP contribution in [0.15, 0.2) is 29.2 Å². The molecule has 0 radical (unpaired) electrons. The summed E-state index contributed by atoms with van der Waals surface area (Å²) in [4.78, 5) is 0.322. The van der Waals surface area contributed by atoms with Crippen molar-refractivity contribution in [3.05, 3.63) is 29.8 Å². The summed E-state index contributed by atoms with van der Waals surface area (Å²) in [6, 6.07) is 6.60. The van der Waals surface area contributed by atoms with E-state index in [1.807, 2.05) is 0 Å². The highest BCUT2D eigenvalue weighted by atomic mass is 32.2. The van der Waals surface area contributed by atoms with Crippen molar-refractivity contribution in [2.24, 2.45) is 5.73 Å². The predicted octanol–water partition coefficient (Wildman–Crippen LogP) is 0.116. The van der Waals surface area contributed by atoms with Gasteiger partial charge >= 0.3 is 0 Å². The lowest BCUT2D eigenvalue weighted by atomic mass is 10.2. The van der Waals surface area contributed by atoms with Gasteiger partial charge in [0.25, 0.3) is 0 Å². The van der Waals surface area contributed by atoms with E-state index in [0.29, 0.717) is 11.4 Å². The third kappa shape index (κ3) is 2.03. The highest BCUT2D eigenvalue weighted by molar-refractivity contribution is 7.72. The van der Waals surface area contributed by atoms with Gasteiger partial charge in [-0.15, -0.1) is 0 Å². The Morgan fingerprint density at radius 3 is 2.64 bits per heavy atom. The molecule has 0 aliphatic rings. The van der Waals surface area contributed by atoms with Crippen LogP contribution in [-0.4, -0.2) is 8.42 Å². The number of nitrogens with two attached hydrogens (primary N) is 1. The molecule has 1 rings (SSSR count). The smallest absolute Gasteiger partial charge is 0.168 e. The molecule has 60 valence electrons. The molecule has 2 N–H and O–H groups in total. The minimum Gasteiger partial charge on any atom is -0.326 e. The molecule has 0 saturated carbocycles. The van der Waals surface area contributed by atoms with Crippen molar-refractivity contribution in [1.82, 2.24) is 0 Å². The standard InChI is InChI=1S/C7H9NO2S/c8-5-6-2-1-3-7(4-6)11(9)10/h1-4,11H,5,8H2. The second kappa shape index (κ2) is 3.50. The van der Waals surface area contributed by atoms with Crippen molar-refractivity contribution in [3.8, 4) is 0 Å². The largest absolute Gasteiger partial charge is 0.326 e. The maximum Gasteiger partial charge on any atom is 0.168 e. The van der Waals surface area contributed by atoms with Gasteiger partial charge in [-0.05, 0) is 17.7 Å². The molecule has 0 bridgehead atoms. The topological polar surface area (TPSA) is 60.2 Å². The van der Waals surface area contributed by atoms with E-state index in [9.17, 15) is 8.42 Å². The highest BCUT2D eigenvalue weighted by Gasteiger charge is 1.94. The Bertz CT molecular complexity index is 312. The van der Waals surface area contributed by atoms with Crippen LogP contribution >= 0.6 is 0 Å². The third-order valence-corrected chi connectivity index (χ3v) is 2.06. The zero-order valence-corrected chi connectivity index (χ0v) is 6.75.